The number of aromatic nitrogens is 1. The first-order valence-electron chi connectivity index (χ1n) is 7.30. The summed E-state index contributed by atoms with van der Waals surface area (Å²) in [6, 6.07) is 0.647. The number of hydrogen-bond donors (Lipinski definition) is 1. The van der Waals surface area contributed by atoms with Crippen molar-refractivity contribution in [2.75, 3.05) is 13.2 Å². The van der Waals surface area contributed by atoms with Crippen molar-refractivity contribution in [3.8, 4) is 0 Å². The van der Waals surface area contributed by atoms with Gasteiger partial charge in [-0.05, 0) is 32.2 Å². The van der Waals surface area contributed by atoms with Crippen molar-refractivity contribution >= 4 is 11.3 Å². The first-order valence-corrected chi connectivity index (χ1v) is 8.18. The third-order valence-electron chi connectivity index (χ3n) is 3.85. The van der Waals surface area contributed by atoms with Crippen molar-refractivity contribution < 1.29 is 5.11 Å². The van der Waals surface area contributed by atoms with Gasteiger partial charge in [0.25, 0.3) is 0 Å². The van der Waals surface area contributed by atoms with Crippen molar-refractivity contribution in [2.24, 2.45) is 0 Å². The molecule has 1 aromatic heterocycles. The molecule has 2 heterocycles. The summed E-state index contributed by atoms with van der Waals surface area (Å²) in [7, 11) is 0. The van der Waals surface area contributed by atoms with Crippen LogP contribution in [0.15, 0.2) is 5.38 Å². The van der Waals surface area contributed by atoms with E-state index in [2.05, 4.69) is 31.1 Å². The highest BCUT2D eigenvalue weighted by atomic mass is 32.1. The molecule has 0 spiro atoms. The summed E-state index contributed by atoms with van der Waals surface area (Å²) >= 11 is 1.79. The van der Waals surface area contributed by atoms with Crippen LogP contribution in [-0.2, 0) is 12.0 Å². The molecule has 1 saturated heterocycles. The lowest BCUT2D eigenvalue weighted by Gasteiger charge is -2.23. The maximum Gasteiger partial charge on any atom is 0.107 e. The molecule has 0 amide bonds. The molecule has 2 rings (SSSR count). The maximum absolute atomic E-state index is 8.97. The lowest BCUT2D eigenvalue weighted by molar-refractivity contribution is 0.210. The second-order valence-electron chi connectivity index (χ2n) is 6.51. The minimum Gasteiger partial charge on any atom is -0.396 e. The number of hydrogen-bond acceptors (Lipinski definition) is 4. The SMILES string of the molecule is CC(C)(C)c1csc(CN2CCC[C@H]2CCCO)n1. The van der Waals surface area contributed by atoms with Gasteiger partial charge in [-0.25, -0.2) is 4.98 Å². The van der Waals surface area contributed by atoms with Crippen molar-refractivity contribution in [2.45, 2.75) is 64.5 Å². The number of likely N-dealkylation sites (tertiary alicyclic amines) is 1. The average Bonchev–Trinajstić information content (AvgIpc) is 2.95. The number of aliphatic hydroxyl groups excluding tert-OH is 1. The van der Waals surface area contributed by atoms with E-state index in [0.29, 0.717) is 12.6 Å². The van der Waals surface area contributed by atoms with E-state index in [0.717, 1.165) is 19.4 Å². The smallest absolute Gasteiger partial charge is 0.107 e. The molecule has 0 radical (unpaired) electrons. The van der Waals surface area contributed by atoms with Gasteiger partial charge in [-0.1, -0.05) is 20.8 Å². The molecule has 4 heteroatoms. The zero-order valence-electron chi connectivity index (χ0n) is 12.4. The standard InChI is InChI=1S/C15H26N2OS/c1-15(2,3)13-11-19-14(16-13)10-17-8-4-6-12(17)7-5-9-18/h11-12,18H,4-10H2,1-3H3/t12-/m0/s1. The largest absolute Gasteiger partial charge is 0.396 e. The van der Waals surface area contributed by atoms with Crippen LogP contribution in [0.2, 0.25) is 0 Å². The first kappa shape index (κ1) is 14.9. The van der Waals surface area contributed by atoms with Gasteiger partial charge in [-0.2, -0.15) is 0 Å². The predicted octanol–water partition coefficient (Wildman–Crippen LogP) is 3.18. The molecule has 3 nitrogen and oxygen atoms in total. The number of aliphatic hydroxyl groups is 1. The summed E-state index contributed by atoms with van der Waals surface area (Å²) in [5.74, 6) is 0. The maximum atomic E-state index is 8.97. The van der Waals surface area contributed by atoms with Crippen LogP contribution in [0.25, 0.3) is 0 Å². The lowest BCUT2D eigenvalue weighted by atomic mass is 9.93. The molecule has 1 atom stereocenters. The lowest BCUT2D eigenvalue weighted by Crippen LogP contribution is -2.29. The molecule has 0 unspecified atom stereocenters. The quantitative estimate of drug-likeness (QED) is 0.901. The van der Waals surface area contributed by atoms with Crippen LogP contribution in [0.4, 0.5) is 0 Å². The normalized spacial score (nSPS) is 21.2. The Hall–Kier alpha value is -0.450. The van der Waals surface area contributed by atoms with Crippen LogP contribution in [-0.4, -0.2) is 34.2 Å². The molecule has 0 aromatic carbocycles. The fraction of sp³-hybridized carbons (Fsp3) is 0.800. The molecule has 1 aliphatic rings. The van der Waals surface area contributed by atoms with Crippen molar-refractivity contribution in [3.05, 3.63) is 16.1 Å². The Morgan fingerprint density at radius 3 is 2.89 bits per heavy atom. The fourth-order valence-corrected chi connectivity index (χ4v) is 3.70. The molecule has 0 bridgehead atoms. The van der Waals surface area contributed by atoms with Crippen LogP contribution in [0.1, 0.15) is 57.2 Å². The van der Waals surface area contributed by atoms with E-state index in [4.69, 9.17) is 10.1 Å². The van der Waals surface area contributed by atoms with Gasteiger partial charge in [-0.15, -0.1) is 11.3 Å². The molecule has 1 aliphatic heterocycles. The van der Waals surface area contributed by atoms with E-state index in [1.165, 1.54) is 30.1 Å². The van der Waals surface area contributed by atoms with E-state index in [9.17, 15) is 0 Å². The van der Waals surface area contributed by atoms with Gasteiger partial charge < -0.3 is 5.11 Å². The third kappa shape index (κ3) is 4.01. The zero-order chi connectivity index (χ0) is 13.9. The van der Waals surface area contributed by atoms with Gasteiger partial charge in [-0.3, -0.25) is 4.90 Å². The van der Waals surface area contributed by atoms with E-state index in [-0.39, 0.29) is 5.41 Å². The molecule has 0 saturated carbocycles. The Balaban J connectivity index is 1.94. The van der Waals surface area contributed by atoms with Crippen LogP contribution in [0, 0.1) is 0 Å². The highest BCUT2D eigenvalue weighted by Crippen LogP contribution is 2.27. The second-order valence-corrected chi connectivity index (χ2v) is 7.45. The van der Waals surface area contributed by atoms with Gasteiger partial charge in [0.2, 0.25) is 0 Å². The van der Waals surface area contributed by atoms with Crippen LogP contribution in [0.3, 0.4) is 0 Å². The van der Waals surface area contributed by atoms with Crippen molar-refractivity contribution in [3.63, 3.8) is 0 Å². The third-order valence-corrected chi connectivity index (χ3v) is 4.69. The minimum atomic E-state index is 0.149. The van der Waals surface area contributed by atoms with Gasteiger partial charge in [0.1, 0.15) is 5.01 Å². The topological polar surface area (TPSA) is 36.4 Å². The Labute approximate surface area is 120 Å². The Morgan fingerprint density at radius 2 is 2.26 bits per heavy atom. The number of rotatable bonds is 5. The molecule has 1 N–H and O–H groups in total. The van der Waals surface area contributed by atoms with E-state index >= 15 is 0 Å². The summed E-state index contributed by atoms with van der Waals surface area (Å²) in [6.07, 6.45) is 4.60. The van der Waals surface area contributed by atoms with Gasteiger partial charge >= 0.3 is 0 Å². The monoisotopic (exact) mass is 282 g/mol. The van der Waals surface area contributed by atoms with Gasteiger partial charge in [0, 0.05) is 23.4 Å². The van der Waals surface area contributed by atoms with Gasteiger partial charge in [0.05, 0.1) is 12.2 Å². The van der Waals surface area contributed by atoms with Crippen LogP contribution in [0.5, 0.6) is 0 Å². The van der Waals surface area contributed by atoms with Gasteiger partial charge in [0.15, 0.2) is 0 Å². The Bertz CT molecular complexity index is 397. The zero-order valence-corrected chi connectivity index (χ0v) is 13.2. The number of thiazole rings is 1. The molecule has 1 aromatic rings. The van der Waals surface area contributed by atoms with Crippen LogP contribution < -0.4 is 0 Å². The van der Waals surface area contributed by atoms with E-state index in [1.807, 2.05) is 0 Å². The van der Waals surface area contributed by atoms with Crippen LogP contribution >= 0.6 is 11.3 Å². The minimum absolute atomic E-state index is 0.149. The highest BCUT2D eigenvalue weighted by molar-refractivity contribution is 7.09. The average molecular weight is 282 g/mol. The van der Waals surface area contributed by atoms with E-state index in [1.54, 1.807) is 11.3 Å². The highest BCUT2D eigenvalue weighted by Gasteiger charge is 2.25. The summed E-state index contributed by atoms with van der Waals surface area (Å²) in [6.45, 7) is 9.12. The van der Waals surface area contributed by atoms with Crippen molar-refractivity contribution in [1.82, 2.24) is 9.88 Å². The summed E-state index contributed by atoms with van der Waals surface area (Å²) < 4.78 is 0. The molecule has 108 valence electrons. The molecule has 19 heavy (non-hydrogen) atoms. The predicted molar refractivity (Wildman–Crippen MR) is 80.6 cm³/mol. The molecule has 1 fully saturated rings. The Morgan fingerprint density at radius 1 is 1.47 bits per heavy atom. The van der Waals surface area contributed by atoms with Crippen molar-refractivity contribution in [1.29, 1.82) is 0 Å². The summed E-state index contributed by atoms with van der Waals surface area (Å²) in [5, 5.41) is 12.4. The first-order chi connectivity index (χ1) is 9.00. The summed E-state index contributed by atoms with van der Waals surface area (Å²) in [4.78, 5) is 7.33. The number of nitrogens with zero attached hydrogens (tertiary/aromatic N) is 2. The molecule has 0 aliphatic carbocycles. The fourth-order valence-electron chi connectivity index (χ4n) is 2.66. The second kappa shape index (κ2) is 6.33. The Kier molecular flexibility index (Phi) is 4.98. The molecular weight excluding hydrogens is 256 g/mol. The van der Waals surface area contributed by atoms with E-state index < -0.39 is 0 Å². The molecular formula is C15H26N2OS. The summed E-state index contributed by atoms with van der Waals surface area (Å²) in [5.41, 5.74) is 1.36.